The molecule has 7 heteroatoms. The van der Waals surface area contributed by atoms with Gasteiger partial charge in [-0.15, -0.1) is 0 Å². The maximum Gasteiger partial charge on any atom is 0.418 e. The quantitative estimate of drug-likeness (QED) is 0.780. The van der Waals surface area contributed by atoms with Crippen LogP contribution in [0.3, 0.4) is 0 Å². The van der Waals surface area contributed by atoms with Gasteiger partial charge in [-0.3, -0.25) is 0 Å². The van der Waals surface area contributed by atoms with Crippen molar-refractivity contribution in [2.75, 3.05) is 0 Å². The number of rotatable bonds is 1. The maximum atomic E-state index is 12.8. The summed E-state index contributed by atoms with van der Waals surface area (Å²) in [5, 5.41) is 17.8. The summed E-state index contributed by atoms with van der Waals surface area (Å²) < 4.78 is 49.1. The average molecular weight is 289 g/mol. The fourth-order valence-corrected chi connectivity index (χ4v) is 1.42. The molecule has 0 saturated carbocycles. The SMILES string of the molecule is Oc1c(F)cc(Br)cc1[C@H](O)C(F)(F)F. The number of benzene rings is 1. The van der Waals surface area contributed by atoms with Crippen molar-refractivity contribution in [3.8, 4) is 5.75 Å². The van der Waals surface area contributed by atoms with Crippen LogP contribution in [0.1, 0.15) is 11.7 Å². The first kappa shape index (κ1) is 12.3. The third kappa shape index (κ3) is 2.60. The van der Waals surface area contributed by atoms with Gasteiger partial charge in [-0.25, -0.2) is 4.39 Å². The summed E-state index contributed by atoms with van der Waals surface area (Å²) in [5.74, 6) is -2.44. The predicted octanol–water partition coefficient (Wildman–Crippen LogP) is 2.89. The molecule has 0 bridgehead atoms. The molecule has 0 saturated heterocycles. The topological polar surface area (TPSA) is 40.5 Å². The highest BCUT2D eigenvalue weighted by Crippen LogP contribution is 2.39. The molecule has 0 heterocycles. The van der Waals surface area contributed by atoms with Crippen molar-refractivity contribution in [1.29, 1.82) is 0 Å². The van der Waals surface area contributed by atoms with Gasteiger partial charge in [-0.05, 0) is 12.1 Å². The van der Waals surface area contributed by atoms with Crippen molar-refractivity contribution in [1.82, 2.24) is 0 Å². The zero-order valence-electron chi connectivity index (χ0n) is 7.02. The first-order valence-electron chi connectivity index (χ1n) is 3.66. The standard InChI is InChI=1S/C8H5BrF4O2/c9-3-1-4(6(14)5(10)2-3)7(15)8(11,12)13/h1-2,7,14-15H/t7-/m0/s1. The lowest BCUT2D eigenvalue weighted by Gasteiger charge is -2.16. The summed E-state index contributed by atoms with van der Waals surface area (Å²) in [6.45, 7) is 0. The van der Waals surface area contributed by atoms with Gasteiger partial charge in [0, 0.05) is 10.0 Å². The third-order valence-corrected chi connectivity index (χ3v) is 2.12. The van der Waals surface area contributed by atoms with E-state index in [2.05, 4.69) is 15.9 Å². The summed E-state index contributed by atoms with van der Waals surface area (Å²) in [5.41, 5.74) is -0.922. The van der Waals surface area contributed by atoms with Crippen molar-refractivity contribution < 1.29 is 27.8 Å². The highest BCUT2D eigenvalue weighted by Gasteiger charge is 2.41. The van der Waals surface area contributed by atoms with Crippen LogP contribution in [0.5, 0.6) is 5.75 Å². The van der Waals surface area contributed by atoms with Gasteiger partial charge < -0.3 is 10.2 Å². The van der Waals surface area contributed by atoms with Crippen LogP contribution in [0.4, 0.5) is 17.6 Å². The Labute approximate surface area is 90.3 Å². The van der Waals surface area contributed by atoms with Crippen molar-refractivity contribution in [3.05, 3.63) is 28.0 Å². The van der Waals surface area contributed by atoms with Crippen LogP contribution in [0.2, 0.25) is 0 Å². The van der Waals surface area contributed by atoms with E-state index in [9.17, 15) is 17.6 Å². The Bertz CT molecular complexity index is 378. The van der Waals surface area contributed by atoms with Crippen LogP contribution in [0, 0.1) is 5.82 Å². The van der Waals surface area contributed by atoms with Gasteiger partial charge in [-0.1, -0.05) is 15.9 Å². The number of aromatic hydroxyl groups is 1. The number of phenolic OH excluding ortho intramolecular Hbond substituents is 1. The van der Waals surface area contributed by atoms with E-state index in [4.69, 9.17) is 10.2 Å². The molecule has 0 spiro atoms. The molecule has 15 heavy (non-hydrogen) atoms. The van der Waals surface area contributed by atoms with E-state index in [1.165, 1.54) is 0 Å². The van der Waals surface area contributed by atoms with E-state index in [0.29, 0.717) is 0 Å². The second kappa shape index (κ2) is 3.97. The molecule has 0 aromatic heterocycles. The highest BCUT2D eigenvalue weighted by molar-refractivity contribution is 9.10. The van der Waals surface area contributed by atoms with Crippen molar-refractivity contribution in [2.45, 2.75) is 12.3 Å². The highest BCUT2D eigenvalue weighted by atomic mass is 79.9. The van der Waals surface area contributed by atoms with Crippen LogP contribution in [-0.4, -0.2) is 16.4 Å². The van der Waals surface area contributed by atoms with Crippen LogP contribution in [-0.2, 0) is 0 Å². The van der Waals surface area contributed by atoms with Crippen molar-refractivity contribution >= 4 is 15.9 Å². The van der Waals surface area contributed by atoms with Crippen LogP contribution < -0.4 is 0 Å². The number of hydrogen-bond donors (Lipinski definition) is 2. The molecule has 0 radical (unpaired) electrons. The average Bonchev–Trinajstić information content (AvgIpc) is 2.08. The maximum absolute atomic E-state index is 12.8. The summed E-state index contributed by atoms with van der Waals surface area (Å²) in [6, 6.07) is 1.60. The second-order valence-electron chi connectivity index (χ2n) is 2.77. The summed E-state index contributed by atoms with van der Waals surface area (Å²) in [6.07, 6.45) is -7.87. The number of halogens is 5. The first-order chi connectivity index (χ1) is 6.73. The minimum atomic E-state index is -4.95. The molecule has 0 aliphatic heterocycles. The van der Waals surface area contributed by atoms with Crippen LogP contribution in [0.15, 0.2) is 16.6 Å². The monoisotopic (exact) mass is 288 g/mol. The Hall–Kier alpha value is -0.820. The fraction of sp³-hybridized carbons (Fsp3) is 0.250. The molecule has 1 rings (SSSR count). The van der Waals surface area contributed by atoms with Gasteiger partial charge in [-0.2, -0.15) is 13.2 Å². The van der Waals surface area contributed by atoms with Gasteiger partial charge in [0.2, 0.25) is 0 Å². The minimum Gasteiger partial charge on any atom is -0.505 e. The third-order valence-electron chi connectivity index (χ3n) is 1.66. The van der Waals surface area contributed by atoms with Gasteiger partial charge in [0.05, 0.1) is 0 Å². The molecule has 1 atom stereocenters. The fourth-order valence-electron chi connectivity index (χ4n) is 0.971. The van der Waals surface area contributed by atoms with Gasteiger partial charge in [0.25, 0.3) is 0 Å². The molecule has 1 aromatic rings. The Morgan fingerprint density at radius 1 is 1.27 bits per heavy atom. The Morgan fingerprint density at radius 3 is 2.27 bits per heavy atom. The molecule has 0 amide bonds. The lowest BCUT2D eigenvalue weighted by Crippen LogP contribution is -2.20. The molecule has 2 nitrogen and oxygen atoms in total. The molecule has 0 unspecified atom stereocenters. The van der Waals surface area contributed by atoms with Crippen LogP contribution >= 0.6 is 15.9 Å². The number of phenols is 1. The summed E-state index contributed by atoms with van der Waals surface area (Å²) in [7, 11) is 0. The largest absolute Gasteiger partial charge is 0.505 e. The molecular weight excluding hydrogens is 284 g/mol. The Morgan fingerprint density at radius 2 is 1.80 bits per heavy atom. The summed E-state index contributed by atoms with van der Waals surface area (Å²) in [4.78, 5) is 0. The molecule has 0 aliphatic carbocycles. The zero-order valence-corrected chi connectivity index (χ0v) is 8.60. The number of aliphatic hydroxyl groups is 1. The minimum absolute atomic E-state index is 0.00361. The van der Waals surface area contributed by atoms with Gasteiger partial charge >= 0.3 is 6.18 Å². The molecule has 0 aliphatic rings. The van der Waals surface area contributed by atoms with Crippen LogP contribution in [0.25, 0.3) is 0 Å². The Kier molecular flexibility index (Phi) is 3.25. The van der Waals surface area contributed by atoms with E-state index in [1.807, 2.05) is 0 Å². The van der Waals surface area contributed by atoms with Crippen molar-refractivity contribution in [2.24, 2.45) is 0 Å². The first-order valence-corrected chi connectivity index (χ1v) is 4.45. The van der Waals surface area contributed by atoms with E-state index < -0.39 is 29.4 Å². The molecular formula is C8H5BrF4O2. The summed E-state index contributed by atoms with van der Waals surface area (Å²) >= 11 is 2.75. The zero-order chi connectivity index (χ0) is 11.8. The normalized spacial score (nSPS) is 14.0. The van der Waals surface area contributed by atoms with Gasteiger partial charge in [0.15, 0.2) is 17.7 Å². The van der Waals surface area contributed by atoms with E-state index in [1.54, 1.807) is 0 Å². The van der Waals surface area contributed by atoms with E-state index in [0.717, 1.165) is 12.1 Å². The molecule has 84 valence electrons. The number of aliphatic hydroxyl groups excluding tert-OH is 1. The van der Waals surface area contributed by atoms with Gasteiger partial charge in [0.1, 0.15) is 0 Å². The second-order valence-corrected chi connectivity index (χ2v) is 3.69. The van der Waals surface area contributed by atoms with E-state index >= 15 is 0 Å². The lowest BCUT2D eigenvalue weighted by molar-refractivity contribution is -0.207. The van der Waals surface area contributed by atoms with E-state index in [-0.39, 0.29) is 4.47 Å². The van der Waals surface area contributed by atoms with Crippen molar-refractivity contribution in [3.63, 3.8) is 0 Å². The smallest absolute Gasteiger partial charge is 0.418 e. The number of alkyl halides is 3. The molecule has 2 N–H and O–H groups in total. The predicted molar refractivity (Wildman–Crippen MR) is 46.8 cm³/mol. The molecule has 0 fully saturated rings. The molecule has 1 aromatic carbocycles. The lowest BCUT2D eigenvalue weighted by atomic mass is 10.1. The Balaban J connectivity index is 3.25. The number of hydrogen-bond acceptors (Lipinski definition) is 2.